The average Bonchev–Trinajstić information content (AvgIpc) is 2.31. The molecule has 1 rings (SSSR count). The predicted octanol–water partition coefficient (Wildman–Crippen LogP) is 1.21. The maximum Gasteiger partial charge on any atom is 0.117 e. The maximum atomic E-state index is 4.00. The lowest BCUT2D eigenvalue weighted by Crippen LogP contribution is -1.87. The highest BCUT2D eigenvalue weighted by Crippen LogP contribution is 1.93. The van der Waals surface area contributed by atoms with Gasteiger partial charge in [-0.3, -0.25) is 0 Å². The largest absolute Gasteiger partial charge is 0.243 e. The van der Waals surface area contributed by atoms with E-state index in [2.05, 4.69) is 16.7 Å². The first kappa shape index (κ1) is 6.74. The van der Waals surface area contributed by atoms with E-state index in [1.807, 2.05) is 6.92 Å². The molecule has 0 bridgehead atoms. The molecule has 0 atom stereocenters. The van der Waals surface area contributed by atoms with E-state index in [9.17, 15) is 0 Å². The van der Waals surface area contributed by atoms with E-state index in [1.165, 1.54) is 0 Å². The lowest BCUT2D eigenvalue weighted by atomic mass is 10.6. The Hall–Kier alpha value is -1.38. The fourth-order valence-electron chi connectivity index (χ4n) is 0.594. The standard InChI is InChI=1S/C7H9N3/c1-3-4-9-10-6-8-5-7(10)2/h3-6H,1H2,2H3/b9-4-. The van der Waals surface area contributed by atoms with Gasteiger partial charge in [-0.25, -0.2) is 9.66 Å². The Morgan fingerprint density at radius 1 is 1.80 bits per heavy atom. The molecule has 0 radical (unpaired) electrons. The van der Waals surface area contributed by atoms with Crippen LogP contribution in [0.1, 0.15) is 5.69 Å². The van der Waals surface area contributed by atoms with Crippen LogP contribution in [0.4, 0.5) is 0 Å². The van der Waals surface area contributed by atoms with E-state index in [0.717, 1.165) is 5.69 Å². The van der Waals surface area contributed by atoms with Crippen molar-refractivity contribution in [1.29, 1.82) is 0 Å². The smallest absolute Gasteiger partial charge is 0.117 e. The van der Waals surface area contributed by atoms with Crippen molar-refractivity contribution in [2.75, 3.05) is 0 Å². The van der Waals surface area contributed by atoms with Crippen LogP contribution in [0.3, 0.4) is 0 Å². The van der Waals surface area contributed by atoms with Crippen molar-refractivity contribution >= 4 is 6.21 Å². The Morgan fingerprint density at radius 2 is 2.60 bits per heavy atom. The summed E-state index contributed by atoms with van der Waals surface area (Å²) in [6.07, 6.45) is 6.64. The van der Waals surface area contributed by atoms with Crippen molar-refractivity contribution in [3.63, 3.8) is 0 Å². The molecule has 0 fully saturated rings. The second-order valence-corrected chi connectivity index (χ2v) is 1.88. The highest BCUT2D eigenvalue weighted by Gasteiger charge is 1.88. The predicted molar refractivity (Wildman–Crippen MR) is 41.1 cm³/mol. The summed E-state index contributed by atoms with van der Waals surface area (Å²) in [4.78, 5) is 3.89. The molecule has 0 aliphatic heterocycles. The molecule has 1 aromatic rings. The zero-order valence-electron chi connectivity index (χ0n) is 5.86. The number of hydrogen-bond acceptors (Lipinski definition) is 2. The molecule has 3 heteroatoms. The molecule has 0 saturated heterocycles. The highest BCUT2D eigenvalue weighted by atomic mass is 15.4. The second kappa shape index (κ2) is 2.96. The third kappa shape index (κ3) is 1.31. The van der Waals surface area contributed by atoms with Crippen molar-refractivity contribution in [1.82, 2.24) is 9.66 Å². The van der Waals surface area contributed by atoms with Gasteiger partial charge in [-0.05, 0) is 13.0 Å². The van der Waals surface area contributed by atoms with Gasteiger partial charge in [-0.1, -0.05) is 6.58 Å². The minimum absolute atomic E-state index is 1.01. The van der Waals surface area contributed by atoms with Gasteiger partial charge in [0.2, 0.25) is 0 Å². The molecule has 0 amide bonds. The summed E-state index contributed by atoms with van der Waals surface area (Å²) in [5.41, 5.74) is 1.01. The molecule has 0 aromatic carbocycles. The van der Waals surface area contributed by atoms with Crippen LogP contribution in [0.25, 0.3) is 0 Å². The van der Waals surface area contributed by atoms with E-state index in [1.54, 1.807) is 29.5 Å². The molecule has 0 unspecified atom stereocenters. The zero-order valence-corrected chi connectivity index (χ0v) is 5.86. The molecular weight excluding hydrogens is 126 g/mol. The minimum atomic E-state index is 1.01. The van der Waals surface area contributed by atoms with Crippen LogP contribution in [0, 0.1) is 6.92 Å². The first-order valence-electron chi connectivity index (χ1n) is 2.99. The maximum absolute atomic E-state index is 4.00. The lowest BCUT2D eigenvalue weighted by Gasteiger charge is -1.91. The second-order valence-electron chi connectivity index (χ2n) is 1.88. The van der Waals surface area contributed by atoms with Gasteiger partial charge < -0.3 is 0 Å². The molecule has 0 aliphatic carbocycles. The number of aromatic nitrogens is 2. The third-order valence-corrected chi connectivity index (χ3v) is 1.10. The Labute approximate surface area is 59.7 Å². The summed E-state index contributed by atoms with van der Waals surface area (Å²) in [6.45, 7) is 5.44. The molecule has 1 aromatic heterocycles. The Kier molecular flexibility index (Phi) is 1.99. The Bertz CT molecular complexity index is 247. The summed E-state index contributed by atoms with van der Waals surface area (Å²) in [5.74, 6) is 0. The van der Waals surface area contributed by atoms with Gasteiger partial charge in [0.05, 0.1) is 5.69 Å². The molecule has 0 saturated carbocycles. The van der Waals surface area contributed by atoms with E-state index < -0.39 is 0 Å². The molecule has 52 valence electrons. The number of rotatable bonds is 2. The first-order chi connectivity index (χ1) is 4.84. The van der Waals surface area contributed by atoms with Gasteiger partial charge in [0, 0.05) is 12.4 Å². The molecule has 10 heavy (non-hydrogen) atoms. The van der Waals surface area contributed by atoms with Crippen molar-refractivity contribution < 1.29 is 0 Å². The Morgan fingerprint density at radius 3 is 3.10 bits per heavy atom. The van der Waals surface area contributed by atoms with Crippen LogP contribution >= 0.6 is 0 Å². The van der Waals surface area contributed by atoms with Crippen molar-refractivity contribution in [3.8, 4) is 0 Å². The lowest BCUT2D eigenvalue weighted by molar-refractivity contribution is 0.846. The van der Waals surface area contributed by atoms with Crippen LogP contribution in [-0.2, 0) is 0 Å². The van der Waals surface area contributed by atoms with Gasteiger partial charge in [0.25, 0.3) is 0 Å². The number of allylic oxidation sites excluding steroid dienone is 1. The number of nitrogens with zero attached hydrogens (tertiary/aromatic N) is 3. The minimum Gasteiger partial charge on any atom is -0.243 e. The Balaban J connectivity index is 2.83. The summed E-state index contributed by atoms with van der Waals surface area (Å²) >= 11 is 0. The summed E-state index contributed by atoms with van der Waals surface area (Å²) in [7, 11) is 0. The number of hydrogen-bond donors (Lipinski definition) is 0. The van der Waals surface area contributed by atoms with Gasteiger partial charge in [0.15, 0.2) is 0 Å². The van der Waals surface area contributed by atoms with Crippen LogP contribution in [-0.4, -0.2) is 15.9 Å². The summed E-state index contributed by atoms with van der Waals surface area (Å²) in [5, 5.41) is 4.00. The zero-order chi connectivity index (χ0) is 7.40. The van der Waals surface area contributed by atoms with Crippen molar-refractivity contribution in [3.05, 3.63) is 30.9 Å². The van der Waals surface area contributed by atoms with E-state index in [4.69, 9.17) is 0 Å². The molecule has 0 aliphatic rings. The van der Waals surface area contributed by atoms with E-state index in [-0.39, 0.29) is 0 Å². The fraction of sp³-hybridized carbons (Fsp3) is 0.143. The average molecular weight is 135 g/mol. The molecule has 0 N–H and O–H groups in total. The number of imidazole rings is 1. The number of aryl methyl sites for hydroxylation is 1. The quantitative estimate of drug-likeness (QED) is 0.560. The third-order valence-electron chi connectivity index (χ3n) is 1.10. The molecule has 1 heterocycles. The monoisotopic (exact) mass is 135 g/mol. The molecule has 3 nitrogen and oxygen atoms in total. The fourth-order valence-corrected chi connectivity index (χ4v) is 0.594. The van der Waals surface area contributed by atoms with Gasteiger partial charge in [0.1, 0.15) is 6.33 Å². The van der Waals surface area contributed by atoms with Crippen molar-refractivity contribution in [2.45, 2.75) is 6.92 Å². The SMILES string of the molecule is C=C/C=N\n1cncc1C. The van der Waals surface area contributed by atoms with E-state index in [0.29, 0.717) is 0 Å². The van der Waals surface area contributed by atoms with E-state index >= 15 is 0 Å². The highest BCUT2D eigenvalue weighted by molar-refractivity contribution is 5.69. The topological polar surface area (TPSA) is 30.2 Å². The van der Waals surface area contributed by atoms with Crippen LogP contribution in [0.2, 0.25) is 0 Å². The van der Waals surface area contributed by atoms with Gasteiger partial charge in [-0.15, -0.1) is 0 Å². The molecule has 0 spiro atoms. The van der Waals surface area contributed by atoms with Crippen LogP contribution in [0.5, 0.6) is 0 Å². The molecular formula is C7H9N3. The van der Waals surface area contributed by atoms with Crippen molar-refractivity contribution in [2.24, 2.45) is 5.10 Å². The summed E-state index contributed by atoms with van der Waals surface area (Å²) < 4.78 is 1.68. The normalized spacial score (nSPS) is 10.5. The van der Waals surface area contributed by atoms with Gasteiger partial charge in [-0.2, -0.15) is 5.10 Å². The van der Waals surface area contributed by atoms with Gasteiger partial charge >= 0.3 is 0 Å². The van der Waals surface area contributed by atoms with Crippen LogP contribution < -0.4 is 0 Å². The first-order valence-corrected chi connectivity index (χ1v) is 2.99. The van der Waals surface area contributed by atoms with Crippen LogP contribution in [0.15, 0.2) is 30.3 Å². The summed E-state index contributed by atoms with van der Waals surface area (Å²) in [6, 6.07) is 0.